The van der Waals surface area contributed by atoms with Crippen molar-refractivity contribution in [3.05, 3.63) is 22.2 Å². The number of amides is 1. The predicted molar refractivity (Wildman–Crippen MR) is 88.1 cm³/mol. The lowest BCUT2D eigenvalue weighted by Gasteiger charge is -2.20. The van der Waals surface area contributed by atoms with Crippen molar-refractivity contribution in [1.82, 2.24) is 10.6 Å². The number of halogens is 1. The van der Waals surface area contributed by atoms with Crippen LogP contribution in [0.5, 0.6) is 0 Å². The van der Waals surface area contributed by atoms with Gasteiger partial charge in [-0.1, -0.05) is 28.9 Å². The largest absolute Gasteiger partial charge is 0.447 e. The summed E-state index contributed by atoms with van der Waals surface area (Å²) in [5.74, 6) is 0. The minimum atomic E-state index is -0.371. The molecule has 0 aromatic rings. The molecule has 20 heavy (non-hydrogen) atoms. The lowest BCUT2D eigenvalue weighted by Crippen LogP contribution is -2.38. The average molecular weight is 347 g/mol. The van der Waals surface area contributed by atoms with Crippen molar-refractivity contribution in [1.29, 1.82) is 0 Å². The topological polar surface area (TPSA) is 50.4 Å². The molecule has 0 radical (unpaired) electrons. The Labute approximate surface area is 131 Å². The molecule has 1 amide bonds. The summed E-state index contributed by atoms with van der Waals surface area (Å²) in [7, 11) is 1.90. The number of hydrogen-bond donors (Lipinski definition) is 2. The number of nitrogens with one attached hydrogen (secondary N) is 2. The molecule has 2 N–H and O–H groups in total. The van der Waals surface area contributed by atoms with Crippen molar-refractivity contribution in [2.45, 2.75) is 52.7 Å². The van der Waals surface area contributed by atoms with E-state index >= 15 is 0 Å². The van der Waals surface area contributed by atoms with Crippen molar-refractivity contribution < 1.29 is 9.53 Å². The van der Waals surface area contributed by atoms with Gasteiger partial charge in [0.25, 0.3) is 0 Å². The fraction of sp³-hybridized carbons (Fsp3) is 0.667. The summed E-state index contributed by atoms with van der Waals surface area (Å²) in [4.78, 5) is 11.7. The molecule has 0 saturated heterocycles. The molecular formula is C15H27BrN2O2. The highest BCUT2D eigenvalue weighted by molar-refractivity contribution is 9.11. The predicted octanol–water partition coefficient (Wildman–Crippen LogP) is 3.73. The number of ether oxygens (including phenoxy) is 1. The van der Waals surface area contributed by atoms with Crippen molar-refractivity contribution in [2.24, 2.45) is 0 Å². The number of carbonyl (C=O) groups excluding carboxylic acids is 1. The maximum atomic E-state index is 11.7. The Morgan fingerprint density at radius 3 is 2.55 bits per heavy atom. The summed E-state index contributed by atoms with van der Waals surface area (Å²) < 4.78 is 6.17. The maximum Gasteiger partial charge on any atom is 0.407 e. The smallest absolute Gasteiger partial charge is 0.407 e. The zero-order chi connectivity index (χ0) is 15.5. The van der Waals surface area contributed by atoms with Crippen LogP contribution in [-0.2, 0) is 4.74 Å². The average Bonchev–Trinajstić information content (AvgIpc) is 2.33. The van der Waals surface area contributed by atoms with Gasteiger partial charge in [-0.3, -0.25) is 0 Å². The highest BCUT2D eigenvalue weighted by Gasteiger charge is 2.15. The zero-order valence-corrected chi connectivity index (χ0v) is 14.7. The lowest BCUT2D eigenvalue weighted by molar-refractivity contribution is 0.113. The molecule has 0 aromatic heterocycles. The van der Waals surface area contributed by atoms with E-state index in [0.717, 1.165) is 29.4 Å². The number of hydrogen-bond acceptors (Lipinski definition) is 3. The van der Waals surface area contributed by atoms with Crippen LogP contribution < -0.4 is 10.6 Å². The Hall–Kier alpha value is -0.810. The Morgan fingerprint density at radius 1 is 1.40 bits per heavy atom. The standard InChI is InChI=1S/C15H27BrN2O2/c1-6-7-13(16)10-12(4)14(8-9-17-5)18-15(19)20-11(2)3/h7,10-11,14,17H,6,8-9H2,1-5H3,(H,18,19). The van der Waals surface area contributed by atoms with E-state index in [2.05, 4.69) is 39.6 Å². The van der Waals surface area contributed by atoms with E-state index in [1.54, 1.807) is 0 Å². The summed E-state index contributed by atoms with van der Waals surface area (Å²) >= 11 is 3.51. The fourth-order valence-electron chi connectivity index (χ4n) is 1.66. The summed E-state index contributed by atoms with van der Waals surface area (Å²) in [5, 5.41) is 6.01. The van der Waals surface area contributed by atoms with Crippen molar-refractivity contribution >= 4 is 22.0 Å². The van der Waals surface area contributed by atoms with Crippen molar-refractivity contribution in [3.63, 3.8) is 0 Å². The third-order valence-electron chi connectivity index (χ3n) is 2.63. The van der Waals surface area contributed by atoms with Gasteiger partial charge in [0.2, 0.25) is 0 Å². The maximum absolute atomic E-state index is 11.7. The molecule has 1 atom stereocenters. The van der Waals surface area contributed by atoms with Gasteiger partial charge in [-0.05, 0) is 58.9 Å². The molecule has 0 aliphatic carbocycles. The van der Waals surface area contributed by atoms with Gasteiger partial charge in [0.05, 0.1) is 12.1 Å². The molecule has 0 saturated carbocycles. The summed E-state index contributed by atoms with van der Waals surface area (Å²) in [5.41, 5.74) is 1.09. The van der Waals surface area contributed by atoms with Crippen LogP contribution in [-0.4, -0.2) is 31.8 Å². The Kier molecular flexibility index (Phi) is 10.5. The third-order valence-corrected chi connectivity index (χ3v) is 3.18. The van der Waals surface area contributed by atoms with Gasteiger partial charge in [0.1, 0.15) is 0 Å². The molecule has 0 rings (SSSR count). The highest BCUT2D eigenvalue weighted by atomic mass is 79.9. The zero-order valence-electron chi connectivity index (χ0n) is 13.1. The number of carbonyl (C=O) groups is 1. The molecule has 0 bridgehead atoms. The minimum Gasteiger partial charge on any atom is -0.447 e. The Balaban J connectivity index is 4.77. The van der Waals surface area contributed by atoms with Gasteiger partial charge in [-0.2, -0.15) is 0 Å². The second kappa shape index (κ2) is 10.9. The first-order chi connectivity index (χ1) is 9.40. The van der Waals surface area contributed by atoms with Crippen LogP contribution in [0.3, 0.4) is 0 Å². The van der Waals surface area contributed by atoms with Crippen LogP contribution in [0.1, 0.15) is 40.5 Å². The van der Waals surface area contributed by atoms with Crippen molar-refractivity contribution in [3.8, 4) is 0 Å². The van der Waals surface area contributed by atoms with E-state index in [9.17, 15) is 4.79 Å². The van der Waals surface area contributed by atoms with Gasteiger partial charge in [-0.25, -0.2) is 4.79 Å². The molecular weight excluding hydrogens is 320 g/mol. The lowest BCUT2D eigenvalue weighted by atomic mass is 10.0. The first kappa shape index (κ1) is 19.2. The molecule has 0 fully saturated rings. The highest BCUT2D eigenvalue weighted by Crippen LogP contribution is 2.15. The van der Waals surface area contributed by atoms with E-state index in [1.165, 1.54) is 0 Å². The third kappa shape index (κ3) is 9.15. The minimum absolute atomic E-state index is 0.0356. The van der Waals surface area contributed by atoms with E-state index in [1.807, 2.05) is 33.9 Å². The van der Waals surface area contributed by atoms with Crippen LogP contribution in [0, 0.1) is 0 Å². The molecule has 1 unspecified atom stereocenters. The summed E-state index contributed by atoms with van der Waals surface area (Å²) in [6.07, 6.45) is 5.43. The molecule has 4 nitrogen and oxygen atoms in total. The van der Waals surface area contributed by atoms with Crippen LogP contribution >= 0.6 is 15.9 Å². The van der Waals surface area contributed by atoms with Gasteiger partial charge in [0.15, 0.2) is 0 Å². The second-order valence-electron chi connectivity index (χ2n) is 4.93. The van der Waals surface area contributed by atoms with Crippen molar-refractivity contribution in [2.75, 3.05) is 13.6 Å². The van der Waals surface area contributed by atoms with E-state index in [4.69, 9.17) is 4.74 Å². The summed E-state index contributed by atoms with van der Waals surface area (Å²) in [6.45, 7) is 8.60. The van der Waals surface area contributed by atoms with Gasteiger partial charge in [0, 0.05) is 4.48 Å². The molecule has 0 heterocycles. The fourth-order valence-corrected chi connectivity index (χ4v) is 2.35. The number of allylic oxidation sites excluding steroid dienone is 3. The second-order valence-corrected chi connectivity index (χ2v) is 5.84. The quantitative estimate of drug-likeness (QED) is 0.658. The Morgan fingerprint density at radius 2 is 2.05 bits per heavy atom. The van der Waals surface area contributed by atoms with Crippen LogP contribution in [0.2, 0.25) is 0 Å². The van der Waals surface area contributed by atoms with Gasteiger partial charge < -0.3 is 15.4 Å². The molecule has 0 aromatic carbocycles. The first-order valence-corrected chi connectivity index (χ1v) is 7.85. The van der Waals surface area contributed by atoms with E-state index in [0.29, 0.717) is 0 Å². The molecule has 116 valence electrons. The monoisotopic (exact) mass is 346 g/mol. The van der Waals surface area contributed by atoms with Crippen LogP contribution in [0.4, 0.5) is 4.79 Å². The van der Waals surface area contributed by atoms with E-state index < -0.39 is 0 Å². The van der Waals surface area contributed by atoms with Gasteiger partial charge >= 0.3 is 6.09 Å². The molecule has 0 aliphatic rings. The van der Waals surface area contributed by atoms with Crippen LogP contribution in [0.15, 0.2) is 22.2 Å². The molecule has 5 heteroatoms. The molecule has 0 aliphatic heterocycles. The van der Waals surface area contributed by atoms with Crippen LogP contribution in [0.25, 0.3) is 0 Å². The normalized spacial score (nSPS) is 14.3. The first-order valence-electron chi connectivity index (χ1n) is 7.06. The number of alkyl carbamates (subject to hydrolysis) is 1. The SMILES string of the molecule is CCC=C(Br)C=C(C)C(CCNC)NC(=O)OC(C)C. The summed E-state index contributed by atoms with van der Waals surface area (Å²) in [6, 6.07) is -0.0356. The Bertz CT molecular complexity index is 352. The van der Waals surface area contributed by atoms with Gasteiger partial charge in [-0.15, -0.1) is 0 Å². The van der Waals surface area contributed by atoms with E-state index in [-0.39, 0.29) is 18.2 Å². The molecule has 0 spiro atoms. The number of rotatable bonds is 8.